The summed E-state index contributed by atoms with van der Waals surface area (Å²) in [5.74, 6) is 0.0349. The van der Waals surface area contributed by atoms with Gasteiger partial charge in [0.05, 0.1) is 24.8 Å². The molecular weight excluding hydrogens is 510 g/mol. The lowest BCUT2D eigenvalue weighted by molar-refractivity contribution is 0.0366. The number of nitrogens with zero attached hydrogens (tertiary/aromatic N) is 2. The van der Waals surface area contributed by atoms with E-state index < -0.39 is 6.04 Å². The number of hydrogen-bond donors (Lipinski definition) is 4. The van der Waals surface area contributed by atoms with E-state index in [2.05, 4.69) is 16.0 Å². The smallest absolute Gasteiger partial charge is 0.319 e. The van der Waals surface area contributed by atoms with E-state index in [0.29, 0.717) is 30.1 Å². The minimum absolute atomic E-state index is 0.102. The van der Waals surface area contributed by atoms with E-state index in [4.69, 9.17) is 4.74 Å². The molecule has 3 aliphatic rings. The van der Waals surface area contributed by atoms with Crippen LogP contribution in [0.3, 0.4) is 0 Å². The summed E-state index contributed by atoms with van der Waals surface area (Å²) in [7, 11) is 1.77. The van der Waals surface area contributed by atoms with Gasteiger partial charge in [0.15, 0.2) is 0 Å². The van der Waals surface area contributed by atoms with E-state index in [1.54, 1.807) is 35.0 Å². The third kappa shape index (κ3) is 7.80. The van der Waals surface area contributed by atoms with E-state index in [-0.39, 0.29) is 48.7 Å². The van der Waals surface area contributed by atoms with Gasteiger partial charge in [-0.2, -0.15) is 0 Å². The topological polar surface area (TPSA) is 123 Å². The molecule has 0 saturated heterocycles. The summed E-state index contributed by atoms with van der Waals surface area (Å²) in [6.45, 7) is 4.34. The molecule has 222 valence electrons. The summed E-state index contributed by atoms with van der Waals surface area (Å²) < 4.78 is 6.41. The lowest BCUT2D eigenvalue weighted by Crippen LogP contribution is -2.52. The number of rotatable bonds is 7. The molecule has 2 saturated carbocycles. The fraction of sp³-hybridized carbons (Fsp3) is 0.700. The molecule has 1 aliphatic heterocycles. The van der Waals surface area contributed by atoms with Gasteiger partial charge in [-0.05, 0) is 50.8 Å². The van der Waals surface area contributed by atoms with Crippen molar-refractivity contribution in [1.82, 2.24) is 20.4 Å². The second-order valence-electron chi connectivity index (χ2n) is 11.9. The number of nitrogens with one attached hydrogen (secondary N) is 3. The van der Waals surface area contributed by atoms with E-state index in [9.17, 15) is 19.5 Å². The van der Waals surface area contributed by atoms with Gasteiger partial charge in [0, 0.05) is 37.3 Å². The monoisotopic (exact) mass is 557 g/mol. The van der Waals surface area contributed by atoms with Gasteiger partial charge in [-0.1, -0.05) is 45.4 Å². The van der Waals surface area contributed by atoms with E-state index in [1.165, 1.54) is 12.8 Å². The zero-order chi connectivity index (χ0) is 28.6. The summed E-state index contributed by atoms with van der Waals surface area (Å²) in [5.41, 5.74) is 0.816. The van der Waals surface area contributed by atoms with Crippen molar-refractivity contribution in [3.05, 3.63) is 23.8 Å². The second kappa shape index (κ2) is 14.1. The van der Waals surface area contributed by atoms with Crippen molar-refractivity contribution in [3.63, 3.8) is 0 Å². The average molecular weight is 558 g/mol. The molecule has 40 heavy (non-hydrogen) atoms. The molecule has 0 aromatic heterocycles. The highest BCUT2D eigenvalue weighted by Gasteiger charge is 2.34. The molecule has 0 spiro atoms. The van der Waals surface area contributed by atoms with Crippen LogP contribution in [0.1, 0.15) is 88.4 Å². The first-order valence-corrected chi connectivity index (χ1v) is 15.1. The second-order valence-corrected chi connectivity index (χ2v) is 11.9. The Bertz CT molecular complexity index is 1020. The van der Waals surface area contributed by atoms with Crippen molar-refractivity contribution >= 4 is 23.7 Å². The number of aliphatic hydroxyl groups is 1. The molecule has 1 heterocycles. The molecule has 4 rings (SSSR count). The third-order valence-corrected chi connectivity index (χ3v) is 8.60. The van der Waals surface area contributed by atoms with Gasteiger partial charge < -0.3 is 35.6 Å². The number of urea groups is 2. The van der Waals surface area contributed by atoms with Crippen LogP contribution in [0.5, 0.6) is 5.75 Å². The maximum atomic E-state index is 13.7. The zero-order valence-corrected chi connectivity index (χ0v) is 24.3. The Hall–Kier alpha value is -3.01. The quantitative estimate of drug-likeness (QED) is 0.397. The molecule has 0 bridgehead atoms. The molecule has 4 N–H and O–H groups in total. The normalized spacial score (nSPS) is 23.2. The molecule has 1 aromatic rings. The van der Waals surface area contributed by atoms with Crippen LogP contribution in [0.2, 0.25) is 0 Å². The number of benzene rings is 1. The Morgan fingerprint density at radius 2 is 1.68 bits per heavy atom. The van der Waals surface area contributed by atoms with Crippen LogP contribution in [0.4, 0.5) is 15.3 Å². The number of hydrogen-bond acceptors (Lipinski definition) is 5. The zero-order valence-electron chi connectivity index (χ0n) is 24.3. The first kappa shape index (κ1) is 30.0. The predicted molar refractivity (Wildman–Crippen MR) is 155 cm³/mol. The fourth-order valence-electron chi connectivity index (χ4n) is 6.00. The number of carbonyl (C=O) groups excluding carboxylic acids is 3. The van der Waals surface area contributed by atoms with Crippen LogP contribution >= 0.6 is 0 Å². The number of carbonyl (C=O) groups is 3. The Kier molecular flexibility index (Phi) is 10.5. The Morgan fingerprint density at radius 3 is 2.30 bits per heavy atom. The number of amides is 5. The number of anilines is 1. The lowest BCUT2D eigenvalue weighted by atomic mass is 9.96. The van der Waals surface area contributed by atoms with Crippen LogP contribution in [-0.2, 0) is 0 Å². The van der Waals surface area contributed by atoms with Gasteiger partial charge >= 0.3 is 12.1 Å². The van der Waals surface area contributed by atoms with Crippen molar-refractivity contribution < 1.29 is 24.2 Å². The summed E-state index contributed by atoms with van der Waals surface area (Å²) in [5, 5.41) is 19.0. The van der Waals surface area contributed by atoms with Crippen LogP contribution in [0, 0.1) is 5.92 Å². The molecule has 0 radical (unpaired) electrons. The summed E-state index contributed by atoms with van der Waals surface area (Å²) >= 11 is 0. The van der Waals surface area contributed by atoms with Crippen molar-refractivity contribution in [2.24, 2.45) is 5.92 Å². The van der Waals surface area contributed by atoms with Gasteiger partial charge in [-0.3, -0.25) is 4.79 Å². The summed E-state index contributed by atoms with van der Waals surface area (Å²) in [6.07, 6.45) is 10.5. The largest absolute Gasteiger partial charge is 0.487 e. The molecular formula is C30H47N5O5. The average Bonchev–Trinajstić information content (AvgIpc) is 2.95. The van der Waals surface area contributed by atoms with Crippen LogP contribution in [0.15, 0.2) is 18.2 Å². The van der Waals surface area contributed by atoms with Crippen LogP contribution in [0.25, 0.3) is 0 Å². The van der Waals surface area contributed by atoms with Crippen LogP contribution < -0.4 is 20.7 Å². The molecule has 5 amide bonds. The van der Waals surface area contributed by atoms with E-state index in [0.717, 1.165) is 51.4 Å². The molecule has 2 fully saturated rings. The first-order valence-electron chi connectivity index (χ1n) is 15.1. The molecule has 2 aliphatic carbocycles. The van der Waals surface area contributed by atoms with Crippen molar-refractivity contribution in [1.29, 1.82) is 0 Å². The van der Waals surface area contributed by atoms with Gasteiger partial charge in [0.2, 0.25) is 0 Å². The number of ether oxygens (including phenoxy) is 1. The highest BCUT2D eigenvalue weighted by atomic mass is 16.5. The van der Waals surface area contributed by atoms with Crippen molar-refractivity contribution in [3.8, 4) is 5.75 Å². The Balaban J connectivity index is 1.50. The van der Waals surface area contributed by atoms with Crippen molar-refractivity contribution in [2.75, 3.05) is 32.1 Å². The SMILES string of the molecule is CC1CN(C(C)CO)C(=O)c2cc(NC(=O)NC3CCCCC3)ccc2OC1CN(C)C(=O)NC1CCCCC1. The van der Waals surface area contributed by atoms with Crippen LogP contribution in [-0.4, -0.2) is 83.8 Å². The van der Waals surface area contributed by atoms with E-state index >= 15 is 0 Å². The lowest BCUT2D eigenvalue weighted by Gasteiger charge is -2.38. The molecule has 10 nitrogen and oxygen atoms in total. The third-order valence-electron chi connectivity index (χ3n) is 8.60. The molecule has 3 unspecified atom stereocenters. The number of aliphatic hydroxyl groups excluding tert-OH is 1. The number of likely N-dealkylation sites (N-methyl/N-ethyl adjacent to an activating group) is 1. The maximum Gasteiger partial charge on any atom is 0.319 e. The highest BCUT2D eigenvalue weighted by Crippen LogP contribution is 2.31. The Labute approximate surface area is 238 Å². The standard InChI is InChI=1S/C30H47N5O5/c1-20-17-35(21(2)19-36)28(37)25-16-24(32-29(38)31-22-10-6-4-7-11-22)14-15-26(25)40-27(20)18-34(3)30(39)33-23-12-8-5-9-13-23/h14-16,20-23,27,36H,4-13,17-19H2,1-3H3,(H,33,39)(H2,31,32,38). The highest BCUT2D eigenvalue weighted by molar-refractivity contribution is 5.99. The summed E-state index contributed by atoms with van der Waals surface area (Å²) in [6, 6.07) is 4.64. The van der Waals surface area contributed by atoms with Gasteiger partial charge in [0.1, 0.15) is 11.9 Å². The first-order chi connectivity index (χ1) is 19.2. The maximum absolute atomic E-state index is 13.7. The van der Waals surface area contributed by atoms with E-state index in [1.807, 2.05) is 13.8 Å². The fourth-order valence-corrected chi connectivity index (χ4v) is 6.00. The van der Waals surface area contributed by atoms with Crippen molar-refractivity contribution in [2.45, 2.75) is 102 Å². The molecule has 10 heteroatoms. The number of fused-ring (bicyclic) bond motifs is 1. The summed E-state index contributed by atoms with van der Waals surface area (Å²) in [4.78, 5) is 42.6. The minimum atomic E-state index is -0.403. The van der Waals surface area contributed by atoms with Gasteiger partial charge in [-0.25, -0.2) is 9.59 Å². The molecule has 3 atom stereocenters. The predicted octanol–water partition coefficient (Wildman–Crippen LogP) is 4.34. The van der Waals surface area contributed by atoms with Gasteiger partial charge in [-0.15, -0.1) is 0 Å². The Morgan fingerprint density at radius 1 is 1.05 bits per heavy atom. The minimum Gasteiger partial charge on any atom is -0.487 e. The molecule has 1 aromatic carbocycles. The van der Waals surface area contributed by atoms with Gasteiger partial charge in [0.25, 0.3) is 5.91 Å².